The van der Waals surface area contributed by atoms with Crippen molar-refractivity contribution in [3.05, 3.63) is 46.8 Å². The summed E-state index contributed by atoms with van der Waals surface area (Å²) in [7, 11) is 0. The minimum absolute atomic E-state index is 0.130. The van der Waals surface area contributed by atoms with Gasteiger partial charge in [0.15, 0.2) is 5.82 Å². The van der Waals surface area contributed by atoms with Gasteiger partial charge in [0, 0.05) is 0 Å². The summed E-state index contributed by atoms with van der Waals surface area (Å²) in [6.45, 7) is 4.01. The molecule has 18 heavy (non-hydrogen) atoms. The first-order valence-electron chi connectivity index (χ1n) is 5.72. The summed E-state index contributed by atoms with van der Waals surface area (Å²) in [5.74, 6) is 0.313. The second kappa shape index (κ2) is 5.93. The molecule has 2 rings (SSSR count). The number of nitrogens with one attached hydrogen (secondary N) is 1. The monoisotopic (exact) mass is 268 g/mol. The average Bonchev–Trinajstić information content (AvgIpc) is 2.79. The summed E-state index contributed by atoms with van der Waals surface area (Å²) in [6.07, 6.45) is 1.64. The molecule has 96 valence electrons. The quantitative estimate of drug-likeness (QED) is 0.904. The summed E-state index contributed by atoms with van der Waals surface area (Å²) in [5.41, 5.74) is 0.803. The molecule has 0 unspecified atom stereocenters. The Bertz CT molecular complexity index is 527. The molecule has 1 aromatic heterocycles. The normalized spacial score (nSPS) is 10.8. The predicted octanol–water partition coefficient (Wildman–Crippen LogP) is 2.23. The van der Waals surface area contributed by atoms with Gasteiger partial charge < -0.3 is 5.32 Å². The van der Waals surface area contributed by atoms with E-state index in [4.69, 9.17) is 11.6 Å². The van der Waals surface area contributed by atoms with Crippen LogP contribution >= 0.6 is 11.6 Å². The molecule has 1 N–H and O–H groups in total. The molecule has 0 atom stereocenters. The van der Waals surface area contributed by atoms with Crippen LogP contribution < -0.4 is 5.32 Å². The Morgan fingerprint density at radius 1 is 1.44 bits per heavy atom. The van der Waals surface area contributed by atoms with E-state index in [0.29, 0.717) is 13.1 Å². The maximum atomic E-state index is 13.3. The number of halogens is 2. The summed E-state index contributed by atoms with van der Waals surface area (Å²) in [4.78, 5) is 4.16. The maximum absolute atomic E-state index is 13.3. The van der Waals surface area contributed by atoms with Crippen LogP contribution in [0.1, 0.15) is 18.3 Å². The van der Waals surface area contributed by atoms with E-state index in [1.165, 1.54) is 6.07 Å². The van der Waals surface area contributed by atoms with Crippen LogP contribution in [0.2, 0.25) is 5.02 Å². The predicted molar refractivity (Wildman–Crippen MR) is 67.9 cm³/mol. The van der Waals surface area contributed by atoms with Gasteiger partial charge >= 0.3 is 0 Å². The van der Waals surface area contributed by atoms with Crippen LogP contribution in [0.4, 0.5) is 4.39 Å². The minimum atomic E-state index is -0.415. The molecule has 0 saturated carbocycles. The van der Waals surface area contributed by atoms with E-state index < -0.39 is 5.82 Å². The Hall–Kier alpha value is -1.46. The highest BCUT2D eigenvalue weighted by Gasteiger charge is 2.04. The molecular formula is C12H14ClFN4. The molecule has 0 radical (unpaired) electrons. The molecule has 2 aromatic rings. The van der Waals surface area contributed by atoms with Crippen molar-refractivity contribution in [2.75, 3.05) is 6.54 Å². The van der Waals surface area contributed by atoms with Gasteiger partial charge in [-0.25, -0.2) is 14.1 Å². The van der Waals surface area contributed by atoms with Gasteiger partial charge in [-0.2, -0.15) is 5.10 Å². The van der Waals surface area contributed by atoms with E-state index in [0.717, 1.165) is 17.9 Å². The molecule has 0 bridgehead atoms. The van der Waals surface area contributed by atoms with Gasteiger partial charge in [0.1, 0.15) is 12.1 Å². The molecular weight excluding hydrogens is 255 g/mol. The molecule has 6 heteroatoms. The fraction of sp³-hybridized carbons (Fsp3) is 0.333. The fourth-order valence-corrected chi connectivity index (χ4v) is 1.67. The van der Waals surface area contributed by atoms with Gasteiger partial charge in [0.25, 0.3) is 0 Å². The molecule has 0 aliphatic carbocycles. The van der Waals surface area contributed by atoms with Crippen molar-refractivity contribution in [1.82, 2.24) is 20.1 Å². The number of nitrogens with zero attached hydrogens (tertiary/aromatic N) is 3. The second-order valence-electron chi connectivity index (χ2n) is 3.89. The van der Waals surface area contributed by atoms with Crippen molar-refractivity contribution in [1.29, 1.82) is 0 Å². The molecule has 0 saturated heterocycles. The van der Waals surface area contributed by atoms with Crippen molar-refractivity contribution in [2.24, 2.45) is 0 Å². The van der Waals surface area contributed by atoms with Gasteiger partial charge in [0.2, 0.25) is 0 Å². The van der Waals surface area contributed by atoms with Gasteiger partial charge in [-0.05, 0) is 24.2 Å². The molecule has 0 amide bonds. The van der Waals surface area contributed by atoms with Crippen LogP contribution in [0.25, 0.3) is 0 Å². The first-order valence-corrected chi connectivity index (χ1v) is 6.10. The number of benzene rings is 1. The van der Waals surface area contributed by atoms with Crippen LogP contribution in [-0.2, 0) is 13.1 Å². The van der Waals surface area contributed by atoms with Crippen LogP contribution in [0.15, 0.2) is 24.5 Å². The lowest BCUT2D eigenvalue weighted by atomic mass is 10.2. The van der Waals surface area contributed by atoms with E-state index in [1.807, 2.05) is 6.92 Å². The standard InChI is InChI=1S/C12H14ClFN4/c1-2-15-6-12-16-8-18(17-12)7-9-3-4-10(13)11(14)5-9/h3-5,8,15H,2,6-7H2,1H3. The van der Waals surface area contributed by atoms with Crippen molar-refractivity contribution in [2.45, 2.75) is 20.0 Å². The van der Waals surface area contributed by atoms with Crippen molar-refractivity contribution >= 4 is 11.6 Å². The van der Waals surface area contributed by atoms with Crippen LogP contribution in [0.3, 0.4) is 0 Å². The highest BCUT2D eigenvalue weighted by atomic mass is 35.5. The minimum Gasteiger partial charge on any atom is -0.310 e. The molecule has 1 aromatic carbocycles. The van der Waals surface area contributed by atoms with Gasteiger partial charge in [0.05, 0.1) is 18.1 Å². The lowest BCUT2D eigenvalue weighted by molar-refractivity contribution is 0.615. The summed E-state index contributed by atoms with van der Waals surface area (Å²) in [6, 6.07) is 4.73. The van der Waals surface area contributed by atoms with Crippen molar-refractivity contribution in [3.63, 3.8) is 0 Å². The molecule has 0 fully saturated rings. The smallest absolute Gasteiger partial charge is 0.164 e. The number of rotatable bonds is 5. The van der Waals surface area contributed by atoms with Crippen molar-refractivity contribution < 1.29 is 4.39 Å². The summed E-state index contributed by atoms with van der Waals surface area (Å²) in [5, 5.41) is 7.56. The van der Waals surface area contributed by atoms with E-state index >= 15 is 0 Å². The Morgan fingerprint density at radius 3 is 3.00 bits per heavy atom. The second-order valence-corrected chi connectivity index (χ2v) is 4.29. The lowest BCUT2D eigenvalue weighted by Gasteiger charge is -2.02. The third-order valence-corrected chi connectivity index (χ3v) is 2.75. The van der Waals surface area contributed by atoms with E-state index in [9.17, 15) is 4.39 Å². The number of aromatic nitrogens is 3. The SMILES string of the molecule is CCNCc1ncn(Cc2ccc(Cl)c(F)c2)n1. The summed E-state index contributed by atoms with van der Waals surface area (Å²) < 4.78 is 14.9. The highest BCUT2D eigenvalue weighted by Crippen LogP contribution is 2.16. The molecule has 1 heterocycles. The van der Waals surface area contributed by atoms with Gasteiger partial charge in [-0.1, -0.05) is 24.6 Å². The van der Waals surface area contributed by atoms with E-state index in [-0.39, 0.29) is 5.02 Å². The van der Waals surface area contributed by atoms with Crippen LogP contribution in [-0.4, -0.2) is 21.3 Å². The Kier molecular flexibility index (Phi) is 4.28. The Labute approximate surface area is 110 Å². The Morgan fingerprint density at radius 2 is 2.28 bits per heavy atom. The Balaban J connectivity index is 2.04. The maximum Gasteiger partial charge on any atom is 0.164 e. The zero-order valence-corrected chi connectivity index (χ0v) is 10.8. The van der Waals surface area contributed by atoms with Crippen LogP contribution in [0, 0.1) is 5.82 Å². The summed E-state index contributed by atoms with van der Waals surface area (Å²) >= 11 is 5.63. The molecule has 0 aliphatic heterocycles. The molecule has 0 aliphatic rings. The fourth-order valence-electron chi connectivity index (χ4n) is 1.55. The van der Waals surface area contributed by atoms with Gasteiger partial charge in [-0.15, -0.1) is 0 Å². The van der Waals surface area contributed by atoms with Crippen LogP contribution in [0.5, 0.6) is 0 Å². The molecule has 0 spiro atoms. The lowest BCUT2D eigenvalue weighted by Crippen LogP contribution is -2.13. The van der Waals surface area contributed by atoms with E-state index in [2.05, 4.69) is 15.4 Å². The molecule has 4 nitrogen and oxygen atoms in total. The largest absolute Gasteiger partial charge is 0.310 e. The first kappa shape index (κ1) is 13.0. The third kappa shape index (κ3) is 3.27. The number of hydrogen-bond donors (Lipinski definition) is 1. The zero-order valence-electron chi connectivity index (χ0n) is 10.0. The topological polar surface area (TPSA) is 42.7 Å². The number of hydrogen-bond acceptors (Lipinski definition) is 3. The van der Waals surface area contributed by atoms with E-state index in [1.54, 1.807) is 23.1 Å². The van der Waals surface area contributed by atoms with Gasteiger partial charge in [-0.3, -0.25) is 0 Å². The highest BCUT2D eigenvalue weighted by molar-refractivity contribution is 6.30. The van der Waals surface area contributed by atoms with Crippen molar-refractivity contribution in [3.8, 4) is 0 Å². The first-order chi connectivity index (χ1) is 8.69. The zero-order chi connectivity index (χ0) is 13.0. The average molecular weight is 269 g/mol. The third-order valence-electron chi connectivity index (χ3n) is 2.45.